The van der Waals surface area contributed by atoms with Crippen LogP contribution in [0.2, 0.25) is 0 Å². The highest BCUT2D eigenvalue weighted by Gasteiger charge is 1.93. The number of rotatable bonds is 0. The summed E-state index contributed by atoms with van der Waals surface area (Å²) in [6.07, 6.45) is 4.22. The Kier molecular flexibility index (Phi) is 6.92. The van der Waals surface area contributed by atoms with E-state index in [2.05, 4.69) is 13.4 Å². The van der Waals surface area contributed by atoms with Crippen molar-refractivity contribution in [2.75, 3.05) is 13.1 Å². The average Bonchev–Trinajstić information content (AvgIpc) is 1.96. The van der Waals surface area contributed by atoms with Gasteiger partial charge in [0.15, 0.2) is 0 Å². The van der Waals surface area contributed by atoms with E-state index >= 15 is 0 Å². The normalized spacial score (nSPS) is 18.6. The number of halogens is 1. The summed E-state index contributed by atoms with van der Waals surface area (Å²) in [5.74, 6) is 0. The SMILES string of the molecule is C1CCNCC1.[B]F. The first-order chi connectivity index (χ1) is 4.00. The topological polar surface area (TPSA) is 12.0 Å². The second-order valence-corrected chi connectivity index (χ2v) is 1.81. The number of nitrogens with one attached hydrogen (secondary N) is 1. The highest BCUT2D eigenvalue weighted by atomic mass is 19.1. The third kappa shape index (κ3) is 4.12. The molecule has 0 spiro atoms. The van der Waals surface area contributed by atoms with Gasteiger partial charge in [0.25, 0.3) is 0 Å². The molecule has 1 aliphatic rings. The predicted octanol–water partition coefficient (Wildman–Crippen LogP) is 0.799. The van der Waals surface area contributed by atoms with Gasteiger partial charge in [-0.05, 0) is 25.9 Å². The van der Waals surface area contributed by atoms with Crippen LogP contribution in [-0.2, 0) is 0 Å². The molecular formula is C5H11BFN. The molecule has 0 aromatic heterocycles. The van der Waals surface area contributed by atoms with Gasteiger partial charge >= 0.3 is 8.12 Å². The Morgan fingerprint density at radius 3 is 1.62 bits per heavy atom. The minimum atomic E-state index is 1.25. The van der Waals surface area contributed by atoms with E-state index in [4.69, 9.17) is 4.32 Å². The molecule has 0 aliphatic carbocycles. The van der Waals surface area contributed by atoms with E-state index in [1.165, 1.54) is 32.4 Å². The fourth-order valence-electron chi connectivity index (χ4n) is 0.802. The maximum absolute atomic E-state index is 9.00. The van der Waals surface area contributed by atoms with Gasteiger partial charge in [-0.15, -0.1) is 0 Å². The molecule has 0 saturated carbocycles. The van der Waals surface area contributed by atoms with Crippen LogP contribution in [0.1, 0.15) is 19.3 Å². The third-order valence-electron chi connectivity index (χ3n) is 1.21. The van der Waals surface area contributed by atoms with Gasteiger partial charge < -0.3 is 9.63 Å². The Bertz CT molecular complexity index is 27.9. The number of hydrogen-bond acceptors (Lipinski definition) is 1. The zero-order chi connectivity index (χ0) is 6.24. The van der Waals surface area contributed by atoms with Crippen molar-refractivity contribution in [3.05, 3.63) is 0 Å². The van der Waals surface area contributed by atoms with Crippen LogP contribution in [0.3, 0.4) is 0 Å². The standard InChI is InChI=1S/C5H11N.BF/c1-2-4-6-5-3-1;1-2/h6H,1-5H2;. The highest BCUT2D eigenvalue weighted by Crippen LogP contribution is 1.96. The van der Waals surface area contributed by atoms with E-state index in [9.17, 15) is 0 Å². The van der Waals surface area contributed by atoms with Gasteiger partial charge in [0, 0.05) is 0 Å². The van der Waals surface area contributed by atoms with E-state index < -0.39 is 0 Å². The maximum Gasteiger partial charge on any atom is 0.350 e. The van der Waals surface area contributed by atoms with E-state index in [1.54, 1.807) is 0 Å². The Morgan fingerprint density at radius 1 is 1.00 bits per heavy atom. The van der Waals surface area contributed by atoms with Gasteiger partial charge in [-0.3, -0.25) is 0 Å². The van der Waals surface area contributed by atoms with Crippen molar-refractivity contribution >= 4 is 8.12 Å². The smallest absolute Gasteiger partial charge is 0.350 e. The van der Waals surface area contributed by atoms with Crippen molar-refractivity contribution in [1.29, 1.82) is 0 Å². The summed E-state index contributed by atoms with van der Waals surface area (Å²) in [4.78, 5) is 0. The molecule has 0 unspecified atom stereocenters. The van der Waals surface area contributed by atoms with Crippen LogP contribution >= 0.6 is 0 Å². The molecule has 1 N–H and O–H groups in total. The van der Waals surface area contributed by atoms with Crippen LogP contribution in [0.5, 0.6) is 0 Å². The van der Waals surface area contributed by atoms with E-state index in [0.29, 0.717) is 0 Å². The average molecular weight is 115 g/mol. The quantitative estimate of drug-likeness (QED) is 0.460. The summed E-state index contributed by atoms with van der Waals surface area (Å²) < 4.78 is 9.00. The van der Waals surface area contributed by atoms with Gasteiger partial charge in [-0.2, -0.15) is 0 Å². The van der Waals surface area contributed by atoms with Crippen LogP contribution in [-0.4, -0.2) is 21.2 Å². The Morgan fingerprint density at radius 2 is 1.50 bits per heavy atom. The van der Waals surface area contributed by atoms with Crippen molar-refractivity contribution in [2.45, 2.75) is 19.3 Å². The zero-order valence-corrected chi connectivity index (χ0v) is 4.99. The molecule has 1 saturated heterocycles. The van der Waals surface area contributed by atoms with Gasteiger partial charge in [-0.25, -0.2) is 0 Å². The summed E-state index contributed by atoms with van der Waals surface area (Å²) in [5, 5.41) is 3.28. The summed E-state index contributed by atoms with van der Waals surface area (Å²) in [7, 11) is 3.00. The van der Waals surface area contributed by atoms with Crippen LogP contribution in [0.15, 0.2) is 0 Å². The summed E-state index contributed by atoms with van der Waals surface area (Å²) in [6, 6.07) is 0. The first-order valence-electron chi connectivity index (χ1n) is 2.93. The van der Waals surface area contributed by atoms with E-state index in [1.807, 2.05) is 0 Å². The Labute approximate surface area is 51.1 Å². The van der Waals surface area contributed by atoms with Crippen molar-refractivity contribution in [1.82, 2.24) is 5.32 Å². The molecular weight excluding hydrogens is 104 g/mol. The molecule has 1 fully saturated rings. The Hall–Kier alpha value is -0.0451. The second-order valence-electron chi connectivity index (χ2n) is 1.81. The van der Waals surface area contributed by atoms with Crippen molar-refractivity contribution in [3.8, 4) is 0 Å². The fourth-order valence-corrected chi connectivity index (χ4v) is 0.802. The van der Waals surface area contributed by atoms with Gasteiger partial charge in [0.05, 0.1) is 0 Å². The van der Waals surface area contributed by atoms with Crippen molar-refractivity contribution in [3.63, 3.8) is 0 Å². The van der Waals surface area contributed by atoms with Crippen LogP contribution in [0, 0.1) is 0 Å². The number of hydrogen-bond donors (Lipinski definition) is 1. The summed E-state index contributed by atoms with van der Waals surface area (Å²) in [5.41, 5.74) is 0. The lowest BCUT2D eigenvalue weighted by molar-refractivity contribution is 0.520. The van der Waals surface area contributed by atoms with Crippen LogP contribution < -0.4 is 5.32 Å². The first kappa shape index (κ1) is 7.95. The second kappa shape index (κ2) is 6.95. The molecule has 1 heterocycles. The third-order valence-corrected chi connectivity index (χ3v) is 1.21. The van der Waals surface area contributed by atoms with Gasteiger partial charge in [0.2, 0.25) is 0 Å². The molecule has 0 aromatic rings. The molecule has 1 aliphatic heterocycles. The van der Waals surface area contributed by atoms with Crippen LogP contribution in [0.25, 0.3) is 0 Å². The number of piperidine rings is 1. The molecule has 0 bridgehead atoms. The van der Waals surface area contributed by atoms with E-state index in [0.717, 1.165) is 0 Å². The molecule has 1 nitrogen and oxygen atoms in total. The monoisotopic (exact) mass is 115 g/mol. The summed E-state index contributed by atoms with van der Waals surface area (Å²) >= 11 is 0. The molecule has 3 heteroatoms. The molecule has 0 amide bonds. The molecule has 1 rings (SSSR count). The molecule has 46 valence electrons. The molecule has 0 atom stereocenters. The van der Waals surface area contributed by atoms with Crippen molar-refractivity contribution < 1.29 is 4.32 Å². The maximum atomic E-state index is 9.00. The van der Waals surface area contributed by atoms with E-state index in [-0.39, 0.29) is 0 Å². The van der Waals surface area contributed by atoms with Gasteiger partial charge in [-0.1, -0.05) is 6.42 Å². The minimum absolute atomic E-state index is 1.25. The lowest BCUT2D eigenvalue weighted by atomic mass is 10.2. The zero-order valence-electron chi connectivity index (χ0n) is 4.99. The van der Waals surface area contributed by atoms with Gasteiger partial charge in [0.1, 0.15) is 0 Å². The lowest BCUT2D eigenvalue weighted by Gasteiger charge is -2.08. The Balaban J connectivity index is 0.000000222. The van der Waals surface area contributed by atoms with Crippen LogP contribution in [0.4, 0.5) is 4.32 Å². The predicted molar refractivity (Wildman–Crippen MR) is 33.6 cm³/mol. The summed E-state index contributed by atoms with van der Waals surface area (Å²) in [6.45, 7) is 2.50. The first-order valence-corrected chi connectivity index (χ1v) is 2.93. The minimum Gasteiger partial charge on any atom is -0.350 e. The molecule has 8 heavy (non-hydrogen) atoms. The molecule has 2 radical (unpaired) electrons. The lowest BCUT2D eigenvalue weighted by Crippen LogP contribution is -2.21. The van der Waals surface area contributed by atoms with Crippen molar-refractivity contribution in [2.24, 2.45) is 0 Å². The molecule has 0 aromatic carbocycles. The fraction of sp³-hybridized carbons (Fsp3) is 1.00. The largest absolute Gasteiger partial charge is 0.350 e. The highest BCUT2D eigenvalue weighted by molar-refractivity contribution is 5.96.